The minimum Gasteiger partial charge on any atom is -0.369 e. The third-order valence-electron chi connectivity index (χ3n) is 6.04. The van der Waals surface area contributed by atoms with Crippen molar-refractivity contribution >= 4 is 0 Å². The molecule has 1 N–H and O–H groups in total. The molecule has 0 amide bonds. The molecule has 0 unspecified atom stereocenters. The summed E-state index contributed by atoms with van der Waals surface area (Å²) in [5.41, 5.74) is 6.94. The van der Waals surface area contributed by atoms with Crippen LogP contribution in [0.5, 0.6) is 0 Å². The van der Waals surface area contributed by atoms with Gasteiger partial charge in [0.1, 0.15) is 0 Å². The van der Waals surface area contributed by atoms with E-state index < -0.39 is 6.10 Å². The van der Waals surface area contributed by atoms with Gasteiger partial charge < -0.3 is 5.11 Å². The normalized spacial score (nSPS) is 12.6. The standard InChI is InChI=1S/C33H44O/c1-30(2,3)25-17-23(18-26(21-25)31(4,5)6)13-15-29(34)16-14-24-19-27(32(7,8)9)22-28(20-24)33(10,11)12/h17-22,29,34H,1-12H3. The Bertz CT molecular complexity index is 986. The molecule has 1 heteroatoms. The summed E-state index contributed by atoms with van der Waals surface area (Å²) < 4.78 is 0. The van der Waals surface area contributed by atoms with Crippen LogP contribution in [0.15, 0.2) is 36.4 Å². The fourth-order valence-electron chi connectivity index (χ4n) is 3.47. The number of benzene rings is 2. The molecule has 0 spiro atoms. The highest BCUT2D eigenvalue weighted by atomic mass is 16.3. The zero-order valence-corrected chi connectivity index (χ0v) is 23.5. The average Bonchev–Trinajstić information content (AvgIpc) is 2.67. The smallest absolute Gasteiger partial charge is 0.177 e. The maximum Gasteiger partial charge on any atom is 0.177 e. The first-order chi connectivity index (χ1) is 15.3. The van der Waals surface area contributed by atoms with Crippen molar-refractivity contribution in [2.45, 2.75) is 111 Å². The molecule has 0 aliphatic heterocycles. The number of hydrogen-bond acceptors (Lipinski definition) is 1. The summed E-state index contributed by atoms with van der Waals surface area (Å²) in [7, 11) is 0. The molecule has 2 aromatic rings. The van der Waals surface area contributed by atoms with E-state index in [1.807, 2.05) is 0 Å². The van der Waals surface area contributed by atoms with Crippen LogP contribution in [-0.2, 0) is 21.7 Å². The lowest BCUT2D eigenvalue weighted by atomic mass is 9.79. The highest BCUT2D eigenvalue weighted by Gasteiger charge is 2.21. The summed E-state index contributed by atoms with van der Waals surface area (Å²) in [6, 6.07) is 13.1. The number of hydrogen-bond donors (Lipinski definition) is 1. The van der Waals surface area contributed by atoms with Gasteiger partial charge in [0.25, 0.3) is 0 Å². The first kappa shape index (κ1) is 27.8. The fraction of sp³-hybridized carbons (Fsp3) is 0.515. The Morgan fingerprint density at radius 2 is 0.706 bits per heavy atom. The van der Waals surface area contributed by atoms with Gasteiger partial charge in [0, 0.05) is 11.1 Å². The van der Waals surface area contributed by atoms with Crippen molar-refractivity contribution in [3.63, 3.8) is 0 Å². The van der Waals surface area contributed by atoms with Crippen LogP contribution in [0, 0.1) is 23.7 Å². The van der Waals surface area contributed by atoms with Gasteiger partial charge in [-0.05, 0) is 68.2 Å². The molecule has 0 aliphatic rings. The van der Waals surface area contributed by atoms with Crippen molar-refractivity contribution in [2.24, 2.45) is 0 Å². The maximum atomic E-state index is 10.5. The van der Waals surface area contributed by atoms with E-state index in [0.29, 0.717) is 0 Å². The highest BCUT2D eigenvalue weighted by molar-refractivity contribution is 5.48. The van der Waals surface area contributed by atoms with Crippen molar-refractivity contribution in [3.8, 4) is 23.7 Å². The molecule has 0 saturated heterocycles. The van der Waals surface area contributed by atoms with E-state index in [-0.39, 0.29) is 21.7 Å². The van der Waals surface area contributed by atoms with Crippen molar-refractivity contribution in [3.05, 3.63) is 69.8 Å². The Morgan fingerprint density at radius 1 is 0.471 bits per heavy atom. The van der Waals surface area contributed by atoms with Crippen LogP contribution < -0.4 is 0 Å². The molecule has 2 aromatic carbocycles. The van der Waals surface area contributed by atoms with E-state index in [0.717, 1.165) is 11.1 Å². The second kappa shape index (κ2) is 9.64. The van der Waals surface area contributed by atoms with Crippen LogP contribution >= 0.6 is 0 Å². The molecule has 0 atom stereocenters. The van der Waals surface area contributed by atoms with Crippen LogP contribution in [0.25, 0.3) is 0 Å². The van der Waals surface area contributed by atoms with Gasteiger partial charge in [-0.1, -0.05) is 119 Å². The molecular formula is C33H44O. The second-order valence-corrected chi connectivity index (χ2v) is 13.5. The first-order valence-electron chi connectivity index (χ1n) is 12.3. The Balaban J connectivity index is 2.43. The van der Waals surface area contributed by atoms with Gasteiger partial charge in [0.15, 0.2) is 6.10 Å². The van der Waals surface area contributed by atoms with Gasteiger partial charge in [-0.2, -0.15) is 0 Å². The minimum atomic E-state index is -1.01. The van der Waals surface area contributed by atoms with Crippen LogP contribution in [0.1, 0.15) is 116 Å². The third kappa shape index (κ3) is 7.79. The van der Waals surface area contributed by atoms with Crippen LogP contribution in [0.3, 0.4) is 0 Å². The van der Waals surface area contributed by atoms with E-state index in [9.17, 15) is 5.11 Å². The van der Waals surface area contributed by atoms with Crippen LogP contribution in [0.4, 0.5) is 0 Å². The topological polar surface area (TPSA) is 20.2 Å². The van der Waals surface area contributed by atoms with E-state index in [1.165, 1.54) is 22.3 Å². The van der Waals surface area contributed by atoms with Gasteiger partial charge in [-0.25, -0.2) is 0 Å². The van der Waals surface area contributed by atoms with Crippen molar-refractivity contribution < 1.29 is 5.11 Å². The van der Waals surface area contributed by atoms with E-state index in [1.54, 1.807) is 0 Å². The summed E-state index contributed by atoms with van der Waals surface area (Å²) in [4.78, 5) is 0. The predicted octanol–water partition coefficient (Wildman–Crippen LogP) is 7.64. The summed E-state index contributed by atoms with van der Waals surface area (Å²) in [5, 5.41) is 10.5. The Hall–Kier alpha value is -2.48. The molecule has 34 heavy (non-hydrogen) atoms. The third-order valence-corrected chi connectivity index (χ3v) is 6.04. The average molecular weight is 457 g/mol. The minimum absolute atomic E-state index is 0.0267. The molecule has 0 radical (unpaired) electrons. The zero-order chi connectivity index (χ0) is 26.1. The molecule has 0 fully saturated rings. The van der Waals surface area contributed by atoms with Crippen molar-refractivity contribution in [2.75, 3.05) is 0 Å². The lowest BCUT2D eigenvalue weighted by molar-refractivity contribution is 0.289. The predicted molar refractivity (Wildman–Crippen MR) is 147 cm³/mol. The lowest BCUT2D eigenvalue weighted by Gasteiger charge is -2.25. The van der Waals surface area contributed by atoms with E-state index in [2.05, 4.69) is 143 Å². The van der Waals surface area contributed by atoms with Gasteiger partial charge in [-0.3, -0.25) is 0 Å². The molecule has 182 valence electrons. The molecule has 0 bridgehead atoms. The second-order valence-electron chi connectivity index (χ2n) is 13.5. The van der Waals surface area contributed by atoms with Crippen LogP contribution in [0.2, 0.25) is 0 Å². The van der Waals surface area contributed by atoms with Crippen molar-refractivity contribution in [1.82, 2.24) is 0 Å². The molecule has 0 aliphatic carbocycles. The maximum absolute atomic E-state index is 10.5. The van der Waals surface area contributed by atoms with Gasteiger partial charge in [0.05, 0.1) is 0 Å². The molecule has 1 nitrogen and oxygen atoms in total. The van der Waals surface area contributed by atoms with E-state index in [4.69, 9.17) is 0 Å². The molecule has 0 aromatic heterocycles. The van der Waals surface area contributed by atoms with Gasteiger partial charge in [-0.15, -0.1) is 0 Å². The summed E-state index contributed by atoms with van der Waals surface area (Å²) in [6.07, 6.45) is -1.01. The number of rotatable bonds is 0. The quantitative estimate of drug-likeness (QED) is 0.404. The monoisotopic (exact) mass is 456 g/mol. The lowest BCUT2D eigenvalue weighted by Crippen LogP contribution is -2.16. The highest BCUT2D eigenvalue weighted by Crippen LogP contribution is 2.31. The van der Waals surface area contributed by atoms with Crippen molar-refractivity contribution in [1.29, 1.82) is 0 Å². The van der Waals surface area contributed by atoms with Gasteiger partial charge >= 0.3 is 0 Å². The Kier molecular flexibility index (Phi) is 7.87. The molecule has 2 rings (SSSR count). The number of aliphatic hydroxyl groups excluding tert-OH is 1. The van der Waals surface area contributed by atoms with E-state index >= 15 is 0 Å². The summed E-state index contributed by atoms with van der Waals surface area (Å²) >= 11 is 0. The first-order valence-corrected chi connectivity index (χ1v) is 12.3. The van der Waals surface area contributed by atoms with Gasteiger partial charge in [0.2, 0.25) is 0 Å². The number of aliphatic hydroxyl groups is 1. The molecular weight excluding hydrogens is 412 g/mol. The summed E-state index contributed by atoms with van der Waals surface area (Å²) in [5.74, 6) is 12.2. The SMILES string of the molecule is CC(C)(C)c1cc(C#CC(O)C#Cc2cc(C(C)(C)C)cc(C(C)(C)C)c2)cc(C(C)(C)C)c1. The molecule has 0 saturated carbocycles. The Morgan fingerprint density at radius 3 is 0.912 bits per heavy atom. The Labute approximate surface area is 209 Å². The zero-order valence-electron chi connectivity index (χ0n) is 23.5. The summed E-state index contributed by atoms with van der Waals surface area (Å²) in [6.45, 7) is 26.5. The molecule has 0 heterocycles. The van der Waals surface area contributed by atoms with Crippen LogP contribution in [-0.4, -0.2) is 11.2 Å². The fourth-order valence-corrected chi connectivity index (χ4v) is 3.47. The largest absolute Gasteiger partial charge is 0.369 e.